The summed E-state index contributed by atoms with van der Waals surface area (Å²) in [4.78, 5) is 2.48. The molecule has 274 valence electrons. The molecule has 1 aliphatic rings. The first-order chi connectivity index (χ1) is 28.5. The molecule has 0 atom stereocenters. The highest BCUT2D eigenvalue weighted by Gasteiger charge is 2.39. The van der Waals surface area contributed by atoms with Gasteiger partial charge in [-0.15, -0.1) is 0 Å². The van der Waals surface area contributed by atoms with Crippen molar-refractivity contribution in [2.45, 2.75) is 19.3 Å². The highest BCUT2D eigenvalue weighted by atomic mass is 16.3. The molecule has 0 N–H and O–H groups in total. The van der Waals surface area contributed by atoms with E-state index < -0.39 is 0 Å². The molecule has 1 aliphatic carbocycles. The first kappa shape index (κ1) is 32.8. The Balaban J connectivity index is 1.07. The SMILES string of the molecule is CC1(C)c2ccccc2-c2cccc(N(c3ccc(-c4cccc5oc6ccccc6c45)cc3)c3ccccc3-c3ccc4oc5c6ccccc6ccc5c4c3)c21. The number of fused-ring (bicyclic) bond motifs is 11. The molecule has 0 unspecified atom stereocenters. The minimum absolute atomic E-state index is 0.217. The zero-order valence-electron chi connectivity index (χ0n) is 32.2. The summed E-state index contributed by atoms with van der Waals surface area (Å²) < 4.78 is 12.8. The lowest BCUT2D eigenvalue weighted by atomic mass is 9.81. The molecule has 0 bridgehead atoms. The predicted molar refractivity (Wildman–Crippen MR) is 242 cm³/mol. The van der Waals surface area contributed by atoms with Gasteiger partial charge in [0.2, 0.25) is 0 Å². The van der Waals surface area contributed by atoms with Crippen molar-refractivity contribution in [3.8, 4) is 33.4 Å². The normalized spacial score (nSPS) is 13.1. The summed E-state index contributed by atoms with van der Waals surface area (Å²) in [6, 6.07) is 67.8. The topological polar surface area (TPSA) is 29.5 Å². The smallest absolute Gasteiger partial charge is 0.143 e. The second-order valence-corrected chi connectivity index (χ2v) is 16.0. The van der Waals surface area contributed by atoms with Gasteiger partial charge in [0.05, 0.1) is 11.4 Å². The van der Waals surface area contributed by atoms with Crippen LogP contribution in [0.25, 0.3) is 88.0 Å². The second-order valence-electron chi connectivity index (χ2n) is 16.0. The molecule has 58 heavy (non-hydrogen) atoms. The van der Waals surface area contributed by atoms with Crippen LogP contribution < -0.4 is 4.90 Å². The molecule has 2 heterocycles. The Morgan fingerprint density at radius 1 is 0.414 bits per heavy atom. The standard InChI is InChI=1S/C55H37NO2/c1-55(2)46-20-8-5-16-41(46)42-19-11-22-48(53(42)55)56(37-29-25-35(26-30-37)39-18-12-24-51-52(39)44-17-7-10-23-49(44)57-51)47-21-9-6-14-38(47)36-28-32-50-45(33-36)43-31-27-34-13-3-4-15-40(34)54(43)58-50/h3-33H,1-2H3. The van der Waals surface area contributed by atoms with Gasteiger partial charge in [0.25, 0.3) is 0 Å². The van der Waals surface area contributed by atoms with Crippen LogP contribution in [-0.2, 0) is 5.41 Å². The lowest BCUT2D eigenvalue weighted by Gasteiger charge is -2.33. The molecule has 0 spiro atoms. The summed E-state index contributed by atoms with van der Waals surface area (Å²) in [5.74, 6) is 0. The van der Waals surface area contributed by atoms with Gasteiger partial charge in [0.1, 0.15) is 22.3 Å². The maximum atomic E-state index is 6.55. The zero-order valence-corrected chi connectivity index (χ0v) is 32.2. The molecule has 0 saturated heterocycles. The second kappa shape index (κ2) is 12.3. The first-order valence-corrected chi connectivity index (χ1v) is 20.0. The number of hydrogen-bond donors (Lipinski definition) is 0. The van der Waals surface area contributed by atoms with Crippen molar-refractivity contribution in [2.75, 3.05) is 4.90 Å². The van der Waals surface area contributed by atoms with E-state index in [0.717, 1.165) is 82.9 Å². The van der Waals surface area contributed by atoms with E-state index in [1.807, 2.05) is 12.1 Å². The number of hydrogen-bond acceptors (Lipinski definition) is 3. The summed E-state index contributed by atoms with van der Waals surface area (Å²) in [6.45, 7) is 4.73. The Hall–Kier alpha value is -7.36. The zero-order chi connectivity index (χ0) is 38.5. The lowest BCUT2D eigenvalue weighted by Crippen LogP contribution is -2.21. The number of anilines is 3. The Bertz CT molecular complexity index is 3440. The molecular weight excluding hydrogens is 707 g/mol. The predicted octanol–water partition coefficient (Wildman–Crippen LogP) is 15.7. The van der Waals surface area contributed by atoms with Crippen LogP contribution in [0.5, 0.6) is 0 Å². The van der Waals surface area contributed by atoms with Crippen LogP contribution >= 0.6 is 0 Å². The van der Waals surface area contributed by atoms with Gasteiger partial charge in [0, 0.05) is 43.6 Å². The van der Waals surface area contributed by atoms with Gasteiger partial charge in [-0.3, -0.25) is 0 Å². The molecule has 9 aromatic carbocycles. The van der Waals surface area contributed by atoms with Crippen molar-refractivity contribution in [2.24, 2.45) is 0 Å². The van der Waals surface area contributed by atoms with Gasteiger partial charge in [-0.2, -0.15) is 0 Å². The quantitative estimate of drug-likeness (QED) is 0.176. The fourth-order valence-corrected chi connectivity index (χ4v) is 9.80. The van der Waals surface area contributed by atoms with E-state index in [4.69, 9.17) is 8.83 Å². The van der Waals surface area contributed by atoms with Gasteiger partial charge < -0.3 is 13.7 Å². The minimum Gasteiger partial charge on any atom is -0.456 e. The molecule has 3 heteroatoms. The average Bonchev–Trinajstić information content (AvgIpc) is 3.92. The average molecular weight is 744 g/mol. The van der Waals surface area contributed by atoms with Crippen molar-refractivity contribution in [1.29, 1.82) is 0 Å². The van der Waals surface area contributed by atoms with E-state index in [0.29, 0.717) is 0 Å². The maximum Gasteiger partial charge on any atom is 0.143 e. The maximum absolute atomic E-state index is 6.55. The van der Waals surface area contributed by atoms with E-state index in [1.54, 1.807) is 0 Å². The third-order valence-electron chi connectivity index (χ3n) is 12.5. The fourth-order valence-electron chi connectivity index (χ4n) is 9.80. The van der Waals surface area contributed by atoms with Crippen LogP contribution in [0.3, 0.4) is 0 Å². The van der Waals surface area contributed by atoms with Crippen LogP contribution in [0.15, 0.2) is 197 Å². The van der Waals surface area contributed by atoms with E-state index in [-0.39, 0.29) is 5.41 Å². The van der Waals surface area contributed by atoms with E-state index in [2.05, 4.69) is 195 Å². The van der Waals surface area contributed by atoms with Crippen molar-refractivity contribution in [3.63, 3.8) is 0 Å². The molecule has 0 amide bonds. The lowest BCUT2D eigenvalue weighted by molar-refractivity contribution is 0.661. The summed E-state index contributed by atoms with van der Waals surface area (Å²) in [7, 11) is 0. The Labute approximate surface area is 336 Å². The Morgan fingerprint density at radius 3 is 1.97 bits per heavy atom. The Morgan fingerprint density at radius 2 is 1.07 bits per heavy atom. The van der Waals surface area contributed by atoms with Crippen molar-refractivity contribution in [1.82, 2.24) is 0 Å². The minimum atomic E-state index is -0.217. The van der Waals surface area contributed by atoms with E-state index >= 15 is 0 Å². The molecule has 11 aromatic rings. The molecular formula is C55H37NO2. The number of para-hydroxylation sites is 2. The Kier molecular flexibility index (Phi) is 6.98. The van der Waals surface area contributed by atoms with Gasteiger partial charge in [0.15, 0.2) is 0 Å². The van der Waals surface area contributed by atoms with Crippen LogP contribution in [0.1, 0.15) is 25.0 Å². The summed E-state index contributed by atoms with van der Waals surface area (Å²) in [5, 5.41) is 6.82. The van der Waals surface area contributed by atoms with E-state index in [9.17, 15) is 0 Å². The van der Waals surface area contributed by atoms with Crippen molar-refractivity contribution in [3.05, 3.63) is 199 Å². The van der Waals surface area contributed by atoms with Crippen LogP contribution in [0, 0.1) is 0 Å². The molecule has 3 nitrogen and oxygen atoms in total. The van der Waals surface area contributed by atoms with Gasteiger partial charge in [-0.25, -0.2) is 0 Å². The van der Waals surface area contributed by atoms with Crippen molar-refractivity contribution >= 4 is 71.7 Å². The molecule has 0 fully saturated rings. The van der Waals surface area contributed by atoms with Crippen LogP contribution in [-0.4, -0.2) is 0 Å². The molecule has 0 radical (unpaired) electrons. The number of furan rings is 2. The third-order valence-corrected chi connectivity index (χ3v) is 12.5. The molecule has 0 saturated carbocycles. The van der Waals surface area contributed by atoms with Crippen LogP contribution in [0.4, 0.5) is 17.1 Å². The summed E-state index contributed by atoms with van der Waals surface area (Å²) in [5.41, 5.74) is 16.6. The molecule has 0 aliphatic heterocycles. The van der Waals surface area contributed by atoms with Crippen LogP contribution in [0.2, 0.25) is 0 Å². The summed E-state index contributed by atoms with van der Waals surface area (Å²) >= 11 is 0. The van der Waals surface area contributed by atoms with Crippen molar-refractivity contribution < 1.29 is 8.83 Å². The number of nitrogens with zero attached hydrogens (tertiary/aromatic N) is 1. The first-order valence-electron chi connectivity index (χ1n) is 20.0. The highest BCUT2D eigenvalue weighted by Crippen LogP contribution is 2.55. The van der Waals surface area contributed by atoms with Gasteiger partial charge in [-0.1, -0.05) is 147 Å². The van der Waals surface area contributed by atoms with E-state index in [1.165, 1.54) is 33.3 Å². The largest absolute Gasteiger partial charge is 0.456 e. The third kappa shape index (κ3) is 4.74. The monoisotopic (exact) mass is 743 g/mol. The molecule has 2 aromatic heterocycles. The highest BCUT2D eigenvalue weighted by molar-refractivity contribution is 6.16. The molecule has 12 rings (SSSR count). The van der Waals surface area contributed by atoms with Gasteiger partial charge in [-0.05, 0) is 98.9 Å². The van der Waals surface area contributed by atoms with Gasteiger partial charge >= 0.3 is 0 Å². The fraction of sp³-hybridized carbons (Fsp3) is 0.0545. The number of rotatable bonds is 5. The number of benzene rings is 9. The summed E-state index contributed by atoms with van der Waals surface area (Å²) in [6.07, 6.45) is 0.